The number of nitrogens with one attached hydrogen (secondary N) is 1. The number of urea groups is 1. The molecule has 0 fully saturated rings. The maximum absolute atomic E-state index is 12.5. The summed E-state index contributed by atoms with van der Waals surface area (Å²) in [5.41, 5.74) is 1.63. The summed E-state index contributed by atoms with van der Waals surface area (Å²) in [5, 5.41) is 8.94. The molecule has 0 bridgehead atoms. The van der Waals surface area contributed by atoms with E-state index in [1.54, 1.807) is 40.4 Å². The number of benzene rings is 1. The van der Waals surface area contributed by atoms with Gasteiger partial charge in [0, 0.05) is 31.2 Å². The van der Waals surface area contributed by atoms with E-state index >= 15 is 0 Å². The summed E-state index contributed by atoms with van der Waals surface area (Å²) in [7, 11) is 3.42. The summed E-state index contributed by atoms with van der Waals surface area (Å²) in [6.07, 6.45) is 3.38. The third kappa shape index (κ3) is 5.04. The molecule has 2 aromatic heterocycles. The molecule has 7 nitrogen and oxygen atoms in total. The highest BCUT2D eigenvalue weighted by Gasteiger charge is 2.15. The van der Waals surface area contributed by atoms with Crippen molar-refractivity contribution in [2.45, 2.75) is 20.1 Å². The number of thiophene rings is 1. The van der Waals surface area contributed by atoms with Gasteiger partial charge in [-0.05, 0) is 36.1 Å². The molecule has 0 saturated heterocycles. The van der Waals surface area contributed by atoms with Gasteiger partial charge in [0.2, 0.25) is 0 Å². The van der Waals surface area contributed by atoms with Crippen molar-refractivity contribution in [2.24, 2.45) is 7.05 Å². The summed E-state index contributed by atoms with van der Waals surface area (Å²) < 4.78 is 13.0. The Kier molecular flexibility index (Phi) is 6.54. The van der Waals surface area contributed by atoms with Crippen LogP contribution in [0.1, 0.15) is 17.4 Å². The summed E-state index contributed by atoms with van der Waals surface area (Å²) in [6, 6.07) is 9.60. The molecule has 8 heteroatoms. The third-order valence-electron chi connectivity index (χ3n) is 4.18. The van der Waals surface area contributed by atoms with E-state index in [9.17, 15) is 4.79 Å². The van der Waals surface area contributed by atoms with Gasteiger partial charge in [-0.15, -0.1) is 11.3 Å². The molecule has 0 aliphatic carbocycles. The number of nitrogens with zero attached hydrogens (tertiary/aromatic N) is 3. The molecular formula is C20H24N4O3S. The van der Waals surface area contributed by atoms with E-state index in [2.05, 4.69) is 10.4 Å². The average molecular weight is 401 g/mol. The minimum atomic E-state index is -0.174. The Balaban J connectivity index is 1.65. The largest absolute Gasteiger partial charge is 0.493 e. The number of methoxy groups -OCH3 is 1. The van der Waals surface area contributed by atoms with E-state index in [0.29, 0.717) is 36.9 Å². The van der Waals surface area contributed by atoms with Crippen molar-refractivity contribution >= 4 is 23.1 Å². The minimum absolute atomic E-state index is 0.174. The Morgan fingerprint density at radius 1 is 1.32 bits per heavy atom. The quantitative estimate of drug-likeness (QED) is 0.617. The van der Waals surface area contributed by atoms with E-state index < -0.39 is 0 Å². The topological polar surface area (TPSA) is 68.6 Å². The molecule has 28 heavy (non-hydrogen) atoms. The van der Waals surface area contributed by atoms with Gasteiger partial charge in [0.05, 0.1) is 19.0 Å². The number of anilines is 1. The predicted octanol–water partition coefficient (Wildman–Crippen LogP) is 4.12. The maximum Gasteiger partial charge on any atom is 0.322 e. The van der Waals surface area contributed by atoms with E-state index in [-0.39, 0.29) is 6.03 Å². The van der Waals surface area contributed by atoms with Gasteiger partial charge in [0.25, 0.3) is 0 Å². The van der Waals surface area contributed by atoms with E-state index in [1.165, 1.54) is 0 Å². The molecular weight excluding hydrogens is 376 g/mol. The fourth-order valence-electron chi connectivity index (χ4n) is 2.71. The summed E-state index contributed by atoms with van der Waals surface area (Å²) in [4.78, 5) is 15.4. The first kappa shape index (κ1) is 19.8. The maximum atomic E-state index is 12.5. The van der Waals surface area contributed by atoms with Crippen molar-refractivity contribution in [3.05, 3.63) is 58.5 Å². The smallest absolute Gasteiger partial charge is 0.322 e. The lowest BCUT2D eigenvalue weighted by Crippen LogP contribution is -2.34. The Hall–Kier alpha value is -3.00. The molecule has 1 aromatic carbocycles. The molecule has 2 amide bonds. The highest BCUT2D eigenvalue weighted by molar-refractivity contribution is 7.09. The fourth-order valence-corrected chi connectivity index (χ4v) is 3.33. The van der Waals surface area contributed by atoms with Crippen LogP contribution in [0.5, 0.6) is 11.5 Å². The van der Waals surface area contributed by atoms with Gasteiger partial charge in [0.1, 0.15) is 6.61 Å². The zero-order chi connectivity index (χ0) is 19.9. The van der Waals surface area contributed by atoms with Gasteiger partial charge in [0.15, 0.2) is 11.5 Å². The number of rotatable bonds is 8. The number of hydrogen-bond donors (Lipinski definition) is 1. The molecule has 3 aromatic rings. The van der Waals surface area contributed by atoms with Crippen LogP contribution in [0, 0.1) is 0 Å². The molecule has 2 heterocycles. The highest BCUT2D eigenvalue weighted by Crippen LogP contribution is 2.29. The van der Waals surface area contributed by atoms with Crippen LogP contribution in [0.15, 0.2) is 48.1 Å². The number of hydrogen-bond acceptors (Lipinski definition) is 5. The van der Waals surface area contributed by atoms with Crippen molar-refractivity contribution in [2.75, 3.05) is 19.0 Å². The second-order valence-corrected chi connectivity index (χ2v) is 7.23. The van der Waals surface area contributed by atoms with Crippen LogP contribution >= 0.6 is 11.3 Å². The van der Waals surface area contributed by atoms with Crippen LogP contribution < -0.4 is 14.8 Å². The van der Waals surface area contributed by atoms with Gasteiger partial charge < -0.3 is 19.7 Å². The van der Waals surface area contributed by atoms with Crippen molar-refractivity contribution in [1.29, 1.82) is 0 Å². The van der Waals surface area contributed by atoms with Crippen LogP contribution in [0.4, 0.5) is 10.5 Å². The SMILES string of the molecule is CCN(Cc1ccc(OCc2cccs2)c(OC)c1)C(=O)Nc1cnn(C)c1. The number of carbonyl (C=O) groups excluding carboxylic acids is 1. The van der Waals surface area contributed by atoms with Gasteiger partial charge in [-0.25, -0.2) is 4.79 Å². The van der Waals surface area contributed by atoms with Crippen LogP contribution in [-0.2, 0) is 20.2 Å². The van der Waals surface area contributed by atoms with Gasteiger partial charge in [-0.3, -0.25) is 4.68 Å². The number of aryl methyl sites for hydroxylation is 1. The Labute approximate surface area is 168 Å². The summed E-state index contributed by atoms with van der Waals surface area (Å²) in [6.45, 7) is 3.48. The molecule has 0 saturated carbocycles. The highest BCUT2D eigenvalue weighted by atomic mass is 32.1. The average Bonchev–Trinajstić information content (AvgIpc) is 3.36. The second-order valence-electron chi connectivity index (χ2n) is 6.20. The Morgan fingerprint density at radius 3 is 2.82 bits per heavy atom. The standard InChI is InChI=1S/C20H24N4O3S/c1-4-24(20(25)22-16-11-21-23(2)13-16)12-15-7-8-18(19(10-15)26-3)27-14-17-6-5-9-28-17/h5-11,13H,4,12,14H2,1-3H3,(H,22,25). The van der Waals surface area contributed by atoms with Gasteiger partial charge >= 0.3 is 6.03 Å². The van der Waals surface area contributed by atoms with Crippen molar-refractivity contribution in [3.8, 4) is 11.5 Å². The first-order valence-electron chi connectivity index (χ1n) is 8.95. The monoisotopic (exact) mass is 400 g/mol. The first-order chi connectivity index (χ1) is 13.6. The predicted molar refractivity (Wildman–Crippen MR) is 110 cm³/mol. The Bertz CT molecular complexity index is 908. The van der Waals surface area contributed by atoms with Crippen LogP contribution in [0.2, 0.25) is 0 Å². The molecule has 0 aliphatic heterocycles. The third-order valence-corrected chi connectivity index (χ3v) is 5.03. The van der Waals surface area contributed by atoms with Crippen molar-refractivity contribution in [1.82, 2.24) is 14.7 Å². The van der Waals surface area contributed by atoms with Gasteiger partial charge in [-0.1, -0.05) is 12.1 Å². The molecule has 0 radical (unpaired) electrons. The number of carbonyl (C=O) groups is 1. The van der Waals surface area contributed by atoms with Gasteiger partial charge in [-0.2, -0.15) is 5.10 Å². The number of ether oxygens (including phenoxy) is 2. The van der Waals surface area contributed by atoms with E-state index in [4.69, 9.17) is 9.47 Å². The number of amides is 2. The van der Waals surface area contributed by atoms with Crippen LogP contribution in [0.25, 0.3) is 0 Å². The van der Waals surface area contributed by atoms with E-state index in [1.807, 2.05) is 49.7 Å². The molecule has 0 aliphatic rings. The molecule has 0 unspecified atom stereocenters. The first-order valence-corrected chi connectivity index (χ1v) is 9.83. The van der Waals surface area contributed by atoms with E-state index in [0.717, 1.165) is 10.4 Å². The van der Waals surface area contributed by atoms with Crippen LogP contribution in [0.3, 0.4) is 0 Å². The molecule has 0 spiro atoms. The normalized spacial score (nSPS) is 10.5. The Morgan fingerprint density at radius 2 is 2.18 bits per heavy atom. The molecule has 1 N–H and O–H groups in total. The molecule has 0 atom stereocenters. The van der Waals surface area contributed by atoms with Crippen molar-refractivity contribution in [3.63, 3.8) is 0 Å². The zero-order valence-corrected chi connectivity index (χ0v) is 17.0. The lowest BCUT2D eigenvalue weighted by Gasteiger charge is -2.21. The van der Waals surface area contributed by atoms with Crippen LogP contribution in [-0.4, -0.2) is 34.4 Å². The van der Waals surface area contributed by atoms with Crippen molar-refractivity contribution < 1.29 is 14.3 Å². The zero-order valence-electron chi connectivity index (χ0n) is 16.2. The minimum Gasteiger partial charge on any atom is -0.493 e. The fraction of sp³-hybridized carbons (Fsp3) is 0.300. The second kappa shape index (κ2) is 9.27. The molecule has 3 rings (SSSR count). The summed E-state index contributed by atoms with van der Waals surface area (Å²) in [5.74, 6) is 1.33. The lowest BCUT2D eigenvalue weighted by atomic mass is 10.2. The number of aromatic nitrogens is 2. The molecule has 148 valence electrons. The lowest BCUT2D eigenvalue weighted by molar-refractivity contribution is 0.212. The summed E-state index contributed by atoms with van der Waals surface area (Å²) >= 11 is 1.65.